The molecule has 0 radical (unpaired) electrons. The molecule has 0 bridgehead atoms. The van der Waals surface area contributed by atoms with Crippen molar-refractivity contribution < 1.29 is 9.47 Å². The van der Waals surface area contributed by atoms with E-state index in [-0.39, 0.29) is 5.60 Å². The lowest BCUT2D eigenvalue weighted by molar-refractivity contribution is -0.0709. The summed E-state index contributed by atoms with van der Waals surface area (Å²) in [7, 11) is 1.84. The molecule has 3 heteroatoms. The van der Waals surface area contributed by atoms with Crippen LogP contribution in [-0.4, -0.2) is 25.9 Å². The highest BCUT2D eigenvalue weighted by Gasteiger charge is 2.37. The first-order chi connectivity index (χ1) is 9.76. The van der Waals surface area contributed by atoms with Gasteiger partial charge in [-0.3, -0.25) is 0 Å². The summed E-state index contributed by atoms with van der Waals surface area (Å²) in [5.41, 5.74) is 2.82. The van der Waals surface area contributed by atoms with E-state index >= 15 is 0 Å². The van der Waals surface area contributed by atoms with Gasteiger partial charge in [0.1, 0.15) is 5.75 Å². The second-order valence-electron chi connectivity index (χ2n) is 6.05. The van der Waals surface area contributed by atoms with Crippen molar-refractivity contribution in [3.05, 3.63) is 29.3 Å². The van der Waals surface area contributed by atoms with Gasteiger partial charge < -0.3 is 14.8 Å². The normalized spacial score (nSPS) is 20.9. The molecular weight excluding hydrogens is 250 g/mol. The molecule has 0 amide bonds. The number of benzene rings is 1. The summed E-state index contributed by atoms with van der Waals surface area (Å²) in [5.74, 6) is 1.07. The summed E-state index contributed by atoms with van der Waals surface area (Å²) >= 11 is 0. The molecule has 0 aromatic heterocycles. The van der Waals surface area contributed by atoms with E-state index in [1.807, 2.05) is 7.11 Å². The van der Waals surface area contributed by atoms with Crippen LogP contribution in [0.5, 0.6) is 5.75 Å². The van der Waals surface area contributed by atoms with Crippen LogP contribution in [0, 0.1) is 0 Å². The Morgan fingerprint density at radius 1 is 1.40 bits per heavy atom. The SMILES string of the molecule is CCC(NCC1(OC)CCC1)c1ccc2c(c1)CCO2. The van der Waals surface area contributed by atoms with Crippen molar-refractivity contribution in [2.24, 2.45) is 0 Å². The Balaban J connectivity index is 1.67. The maximum absolute atomic E-state index is 5.70. The zero-order chi connectivity index (χ0) is 14.0. The third kappa shape index (κ3) is 2.57. The standard InChI is InChI=1S/C17H25NO2/c1-3-15(18-12-17(19-2)8-4-9-17)13-5-6-16-14(11-13)7-10-20-16/h5-6,11,15,18H,3-4,7-10,12H2,1-2H3. The van der Waals surface area contributed by atoms with Gasteiger partial charge in [0.2, 0.25) is 0 Å². The third-order valence-corrected chi connectivity index (χ3v) is 4.89. The van der Waals surface area contributed by atoms with Crippen LogP contribution >= 0.6 is 0 Å². The van der Waals surface area contributed by atoms with E-state index in [0.29, 0.717) is 6.04 Å². The number of hydrogen-bond acceptors (Lipinski definition) is 3. The predicted octanol–water partition coefficient (Wildman–Crippen LogP) is 3.23. The molecular formula is C17H25NO2. The maximum atomic E-state index is 5.70. The van der Waals surface area contributed by atoms with E-state index in [4.69, 9.17) is 9.47 Å². The van der Waals surface area contributed by atoms with Gasteiger partial charge in [0.25, 0.3) is 0 Å². The van der Waals surface area contributed by atoms with Gasteiger partial charge in [0.15, 0.2) is 0 Å². The quantitative estimate of drug-likeness (QED) is 0.864. The minimum atomic E-state index is 0.0905. The van der Waals surface area contributed by atoms with Crippen LogP contribution in [0.15, 0.2) is 18.2 Å². The summed E-state index contributed by atoms with van der Waals surface area (Å²) in [6.45, 7) is 4.02. The molecule has 1 aliphatic heterocycles. The molecule has 20 heavy (non-hydrogen) atoms. The molecule has 1 heterocycles. The van der Waals surface area contributed by atoms with Gasteiger partial charge in [-0.1, -0.05) is 19.1 Å². The van der Waals surface area contributed by atoms with Crippen molar-refractivity contribution in [3.8, 4) is 5.75 Å². The number of rotatable bonds is 6. The van der Waals surface area contributed by atoms with E-state index in [2.05, 4.69) is 30.4 Å². The van der Waals surface area contributed by atoms with Crippen molar-refractivity contribution in [3.63, 3.8) is 0 Å². The molecule has 1 aromatic carbocycles. The lowest BCUT2D eigenvalue weighted by Crippen LogP contribution is -2.48. The van der Waals surface area contributed by atoms with Gasteiger partial charge in [0.05, 0.1) is 12.2 Å². The minimum Gasteiger partial charge on any atom is -0.493 e. The van der Waals surface area contributed by atoms with Gasteiger partial charge >= 0.3 is 0 Å². The molecule has 0 spiro atoms. The Hall–Kier alpha value is -1.06. The topological polar surface area (TPSA) is 30.5 Å². The number of ether oxygens (including phenoxy) is 2. The zero-order valence-corrected chi connectivity index (χ0v) is 12.6. The third-order valence-electron chi connectivity index (χ3n) is 4.89. The summed E-state index contributed by atoms with van der Waals surface area (Å²) in [5, 5.41) is 3.70. The summed E-state index contributed by atoms with van der Waals surface area (Å²) < 4.78 is 11.3. The average molecular weight is 275 g/mol. The van der Waals surface area contributed by atoms with Crippen molar-refractivity contribution in [1.29, 1.82) is 0 Å². The van der Waals surface area contributed by atoms with Crippen molar-refractivity contribution >= 4 is 0 Å². The second kappa shape index (κ2) is 5.74. The van der Waals surface area contributed by atoms with E-state index in [0.717, 1.165) is 31.7 Å². The van der Waals surface area contributed by atoms with Crippen molar-refractivity contribution in [1.82, 2.24) is 5.32 Å². The summed E-state index contributed by atoms with van der Waals surface area (Å²) in [4.78, 5) is 0. The molecule has 110 valence electrons. The first-order valence-corrected chi connectivity index (χ1v) is 7.80. The number of methoxy groups -OCH3 is 1. The maximum Gasteiger partial charge on any atom is 0.122 e. The van der Waals surface area contributed by atoms with Crippen LogP contribution in [0.4, 0.5) is 0 Å². The first kappa shape index (κ1) is 13.9. The van der Waals surface area contributed by atoms with E-state index in [1.54, 1.807) is 0 Å². The Morgan fingerprint density at radius 3 is 2.90 bits per heavy atom. The Morgan fingerprint density at radius 2 is 2.25 bits per heavy atom. The number of nitrogens with one attached hydrogen (secondary N) is 1. The number of hydrogen-bond donors (Lipinski definition) is 1. The minimum absolute atomic E-state index is 0.0905. The molecule has 3 rings (SSSR count). The highest BCUT2D eigenvalue weighted by atomic mass is 16.5. The molecule has 2 aliphatic rings. The fourth-order valence-electron chi connectivity index (χ4n) is 3.25. The highest BCUT2D eigenvalue weighted by molar-refractivity contribution is 5.40. The van der Waals surface area contributed by atoms with Crippen LogP contribution in [0.3, 0.4) is 0 Å². The zero-order valence-electron chi connectivity index (χ0n) is 12.6. The molecule has 1 atom stereocenters. The van der Waals surface area contributed by atoms with Gasteiger partial charge in [-0.15, -0.1) is 0 Å². The number of fused-ring (bicyclic) bond motifs is 1. The van der Waals surface area contributed by atoms with E-state index in [1.165, 1.54) is 30.4 Å². The first-order valence-electron chi connectivity index (χ1n) is 7.80. The molecule has 1 saturated carbocycles. The van der Waals surface area contributed by atoms with Crippen LogP contribution in [-0.2, 0) is 11.2 Å². The van der Waals surface area contributed by atoms with Crippen molar-refractivity contribution in [2.45, 2.75) is 50.7 Å². The molecule has 3 nitrogen and oxygen atoms in total. The molecule has 1 N–H and O–H groups in total. The van der Waals surface area contributed by atoms with Gasteiger partial charge in [-0.05, 0) is 42.9 Å². The Kier molecular flexibility index (Phi) is 3.99. The van der Waals surface area contributed by atoms with Gasteiger partial charge in [-0.25, -0.2) is 0 Å². The monoisotopic (exact) mass is 275 g/mol. The van der Waals surface area contributed by atoms with E-state index < -0.39 is 0 Å². The fraction of sp³-hybridized carbons (Fsp3) is 0.647. The van der Waals surface area contributed by atoms with Crippen LogP contribution in [0.25, 0.3) is 0 Å². The Labute approximate surface area is 121 Å². The summed E-state index contributed by atoms with van der Waals surface area (Å²) in [6.07, 6.45) is 5.81. The van der Waals surface area contributed by atoms with Gasteiger partial charge in [0, 0.05) is 26.1 Å². The fourth-order valence-corrected chi connectivity index (χ4v) is 3.25. The average Bonchev–Trinajstić information content (AvgIpc) is 2.89. The molecule has 0 saturated heterocycles. The smallest absolute Gasteiger partial charge is 0.122 e. The largest absolute Gasteiger partial charge is 0.493 e. The van der Waals surface area contributed by atoms with Gasteiger partial charge in [-0.2, -0.15) is 0 Å². The second-order valence-corrected chi connectivity index (χ2v) is 6.05. The summed E-state index contributed by atoms with van der Waals surface area (Å²) in [6, 6.07) is 7.04. The highest BCUT2D eigenvalue weighted by Crippen LogP contribution is 2.35. The molecule has 1 aromatic rings. The molecule has 1 unspecified atom stereocenters. The predicted molar refractivity (Wildman–Crippen MR) is 80.3 cm³/mol. The van der Waals surface area contributed by atoms with E-state index in [9.17, 15) is 0 Å². The van der Waals surface area contributed by atoms with Crippen LogP contribution in [0.2, 0.25) is 0 Å². The van der Waals surface area contributed by atoms with Crippen LogP contribution < -0.4 is 10.1 Å². The van der Waals surface area contributed by atoms with Crippen LogP contribution in [0.1, 0.15) is 49.8 Å². The molecule has 1 fully saturated rings. The lowest BCUT2D eigenvalue weighted by Gasteiger charge is -2.41. The van der Waals surface area contributed by atoms with Crippen molar-refractivity contribution in [2.75, 3.05) is 20.3 Å². The molecule has 1 aliphatic carbocycles. The Bertz CT molecular complexity index is 463. The lowest BCUT2D eigenvalue weighted by atomic mass is 9.79.